The number of rotatable bonds is 5. The van der Waals surface area contributed by atoms with Gasteiger partial charge in [0.15, 0.2) is 0 Å². The van der Waals surface area contributed by atoms with E-state index in [1.54, 1.807) is 18.5 Å². The Balaban J connectivity index is 1.75. The van der Waals surface area contributed by atoms with Crippen molar-refractivity contribution < 1.29 is 17.9 Å². The van der Waals surface area contributed by atoms with Crippen LogP contribution in [0.15, 0.2) is 18.2 Å². The van der Waals surface area contributed by atoms with E-state index < -0.39 is 10.0 Å². The summed E-state index contributed by atoms with van der Waals surface area (Å²) in [4.78, 5) is 2.29. The first-order valence-corrected chi connectivity index (χ1v) is 9.68. The van der Waals surface area contributed by atoms with Crippen molar-refractivity contribution in [2.75, 3.05) is 40.1 Å². The van der Waals surface area contributed by atoms with Crippen LogP contribution in [0.1, 0.15) is 12.0 Å². The third-order valence-corrected chi connectivity index (χ3v) is 6.20. The zero-order chi connectivity index (χ0) is 16.6. The van der Waals surface area contributed by atoms with E-state index in [1.807, 2.05) is 18.2 Å². The largest absolute Gasteiger partial charge is 0.496 e. The van der Waals surface area contributed by atoms with Gasteiger partial charge in [0.25, 0.3) is 0 Å². The number of nitrogens with zero attached hydrogens (tertiary/aromatic N) is 2. The molecule has 2 aliphatic rings. The van der Waals surface area contributed by atoms with E-state index >= 15 is 0 Å². The SMILES string of the molecule is COc1cccc(OC)c1CN1CC[C@@H]2CN(S(C)(=O)=O)[C@@H]2C1. The lowest BCUT2D eigenvalue weighted by Gasteiger charge is -2.52. The van der Waals surface area contributed by atoms with Crippen molar-refractivity contribution in [1.82, 2.24) is 9.21 Å². The number of methoxy groups -OCH3 is 2. The zero-order valence-corrected chi connectivity index (χ0v) is 14.7. The Bertz CT molecular complexity index is 654. The van der Waals surface area contributed by atoms with E-state index in [0.717, 1.165) is 36.6 Å². The van der Waals surface area contributed by atoms with Gasteiger partial charge in [0, 0.05) is 25.7 Å². The average Bonchev–Trinajstić information content (AvgIpc) is 2.48. The number of hydrogen-bond acceptors (Lipinski definition) is 5. The van der Waals surface area contributed by atoms with Gasteiger partial charge in [-0.2, -0.15) is 4.31 Å². The molecule has 0 saturated carbocycles. The highest BCUT2D eigenvalue weighted by molar-refractivity contribution is 7.88. The predicted molar refractivity (Wildman–Crippen MR) is 88.3 cm³/mol. The van der Waals surface area contributed by atoms with Crippen molar-refractivity contribution >= 4 is 10.0 Å². The maximum atomic E-state index is 11.8. The number of sulfonamides is 1. The van der Waals surface area contributed by atoms with Crippen LogP contribution >= 0.6 is 0 Å². The Kier molecular flexibility index (Phi) is 4.53. The third kappa shape index (κ3) is 3.18. The van der Waals surface area contributed by atoms with Gasteiger partial charge in [-0.25, -0.2) is 8.42 Å². The minimum atomic E-state index is -3.10. The van der Waals surface area contributed by atoms with Gasteiger partial charge in [0.05, 0.1) is 26.0 Å². The van der Waals surface area contributed by atoms with Crippen LogP contribution in [0, 0.1) is 5.92 Å². The lowest BCUT2D eigenvalue weighted by Crippen LogP contribution is -2.65. The fraction of sp³-hybridized carbons (Fsp3) is 0.625. The molecule has 1 aromatic rings. The van der Waals surface area contributed by atoms with Gasteiger partial charge in [-0.3, -0.25) is 4.90 Å². The van der Waals surface area contributed by atoms with Gasteiger partial charge in [0.1, 0.15) is 11.5 Å². The monoisotopic (exact) mass is 340 g/mol. The Hall–Kier alpha value is -1.31. The normalized spacial score (nSPS) is 25.5. The summed E-state index contributed by atoms with van der Waals surface area (Å²) in [7, 11) is 0.208. The van der Waals surface area contributed by atoms with Crippen LogP contribution in [0.5, 0.6) is 11.5 Å². The summed E-state index contributed by atoms with van der Waals surface area (Å²) in [5.74, 6) is 2.11. The molecule has 2 heterocycles. The van der Waals surface area contributed by atoms with Gasteiger partial charge < -0.3 is 9.47 Å². The van der Waals surface area contributed by atoms with Gasteiger partial charge in [-0.05, 0) is 31.0 Å². The van der Waals surface area contributed by atoms with Crippen molar-refractivity contribution in [1.29, 1.82) is 0 Å². The second kappa shape index (κ2) is 6.30. The van der Waals surface area contributed by atoms with Crippen LogP contribution < -0.4 is 9.47 Å². The smallest absolute Gasteiger partial charge is 0.211 e. The van der Waals surface area contributed by atoms with Crippen LogP contribution in [0.4, 0.5) is 0 Å². The number of ether oxygens (including phenoxy) is 2. The molecule has 6 nitrogen and oxygen atoms in total. The van der Waals surface area contributed by atoms with Crippen molar-refractivity contribution in [2.45, 2.75) is 19.0 Å². The molecule has 0 aromatic heterocycles. The Morgan fingerprint density at radius 3 is 2.39 bits per heavy atom. The fourth-order valence-electron chi connectivity index (χ4n) is 3.65. The summed E-state index contributed by atoms with van der Waals surface area (Å²) in [6.07, 6.45) is 2.33. The molecule has 128 valence electrons. The highest BCUT2D eigenvalue weighted by Gasteiger charge is 2.46. The van der Waals surface area contributed by atoms with Crippen LogP contribution in [0.2, 0.25) is 0 Å². The number of fused-ring (bicyclic) bond motifs is 1. The number of benzene rings is 1. The maximum absolute atomic E-state index is 11.8. The molecule has 0 N–H and O–H groups in total. The van der Waals surface area contributed by atoms with Gasteiger partial charge in [0.2, 0.25) is 10.0 Å². The second-order valence-electron chi connectivity index (χ2n) is 6.32. The molecule has 2 aliphatic heterocycles. The van der Waals surface area contributed by atoms with E-state index in [9.17, 15) is 8.42 Å². The molecule has 0 aliphatic carbocycles. The van der Waals surface area contributed by atoms with E-state index in [0.29, 0.717) is 19.0 Å². The van der Waals surface area contributed by atoms with Crippen LogP contribution in [-0.2, 0) is 16.6 Å². The van der Waals surface area contributed by atoms with Gasteiger partial charge in [-0.1, -0.05) is 6.07 Å². The standard InChI is InChI=1S/C16H24N2O4S/c1-21-15-5-4-6-16(22-2)13(15)10-17-8-7-12-9-18(14(12)11-17)23(3,19)20/h4-6,12,14H,7-11H2,1-3H3/t12-,14-/m1/s1. The topological polar surface area (TPSA) is 59.1 Å². The number of likely N-dealkylation sites (tertiary alicyclic amines) is 1. The highest BCUT2D eigenvalue weighted by atomic mass is 32.2. The minimum absolute atomic E-state index is 0.111. The van der Waals surface area contributed by atoms with Gasteiger partial charge >= 0.3 is 0 Å². The summed E-state index contributed by atoms with van der Waals surface area (Å²) in [6, 6.07) is 5.87. The molecule has 2 atom stereocenters. The average molecular weight is 340 g/mol. The van der Waals surface area contributed by atoms with Crippen molar-refractivity contribution in [3.05, 3.63) is 23.8 Å². The van der Waals surface area contributed by atoms with Crippen LogP contribution in [0.25, 0.3) is 0 Å². The lowest BCUT2D eigenvalue weighted by atomic mass is 9.84. The van der Waals surface area contributed by atoms with E-state index in [4.69, 9.17) is 9.47 Å². The summed E-state index contributed by atoms with van der Waals surface area (Å²) < 4.78 is 36.1. The van der Waals surface area contributed by atoms with Crippen LogP contribution in [-0.4, -0.2) is 63.8 Å². The molecule has 1 aromatic carbocycles. The van der Waals surface area contributed by atoms with Crippen molar-refractivity contribution in [3.63, 3.8) is 0 Å². The van der Waals surface area contributed by atoms with Crippen molar-refractivity contribution in [2.24, 2.45) is 5.92 Å². The molecule has 23 heavy (non-hydrogen) atoms. The quantitative estimate of drug-likeness (QED) is 0.805. The molecule has 0 unspecified atom stereocenters. The summed E-state index contributed by atoms with van der Waals surface area (Å²) in [6.45, 7) is 3.11. The first-order valence-electron chi connectivity index (χ1n) is 7.83. The molecule has 0 amide bonds. The Labute approximate surface area is 138 Å². The molecule has 2 saturated heterocycles. The second-order valence-corrected chi connectivity index (χ2v) is 8.26. The Morgan fingerprint density at radius 2 is 1.83 bits per heavy atom. The number of hydrogen-bond donors (Lipinski definition) is 0. The Morgan fingerprint density at radius 1 is 1.17 bits per heavy atom. The van der Waals surface area contributed by atoms with E-state index in [-0.39, 0.29) is 6.04 Å². The lowest BCUT2D eigenvalue weighted by molar-refractivity contribution is 0.0105. The first-order chi connectivity index (χ1) is 10.9. The molecule has 0 bridgehead atoms. The summed E-state index contributed by atoms with van der Waals surface area (Å²) >= 11 is 0. The maximum Gasteiger partial charge on any atom is 0.211 e. The molecule has 7 heteroatoms. The molecule has 0 spiro atoms. The minimum Gasteiger partial charge on any atom is -0.496 e. The fourth-order valence-corrected chi connectivity index (χ4v) is 4.84. The van der Waals surface area contributed by atoms with Gasteiger partial charge in [-0.15, -0.1) is 0 Å². The summed E-state index contributed by atoms with van der Waals surface area (Å²) in [5, 5.41) is 0. The molecular formula is C16H24N2O4S. The van der Waals surface area contributed by atoms with Crippen molar-refractivity contribution in [3.8, 4) is 11.5 Å². The van der Waals surface area contributed by atoms with E-state index in [1.165, 1.54) is 6.26 Å². The third-order valence-electron chi connectivity index (χ3n) is 4.93. The van der Waals surface area contributed by atoms with E-state index in [2.05, 4.69) is 4.90 Å². The highest BCUT2D eigenvalue weighted by Crippen LogP contribution is 2.36. The molecule has 3 rings (SSSR count). The molecule has 0 radical (unpaired) electrons. The zero-order valence-electron chi connectivity index (χ0n) is 13.9. The molecular weight excluding hydrogens is 316 g/mol. The molecule has 2 fully saturated rings. The summed E-state index contributed by atoms with van der Waals surface area (Å²) in [5.41, 5.74) is 1.01. The predicted octanol–water partition coefficient (Wildman–Crippen LogP) is 1.17. The first kappa shape index (κ1) is 16.5. The number of piperidine rings is 1. The van der Waals surface area contributed by atoms with Crippen LogP contribution in [0.3, 0.4) is 0 Å².